The molecule has 1 aromatic carbocycles. The molecular formula is C14H16N2O2. The summed E-state index contributed by atoms with van der Waals surface area (Å²) in [5, 5.41) is 3.65. The Kier molecular flexibility index (Phi) is 4.12. The number of hydrogen-bond acceptors (Lipinski definition) is 3. The van der Waals surface area contributed by atoms with Crippen LogP contribution in [0.5, 0.6) is 0 Å². The fourth-order valence-electron chi connectivity index (χ4n) is 1.67. The molecule has 0 radical (unpaired) electrons. The molecular weight excluding hydrogens is 228 g/mol. The first-order chi connectivity index (χ1) is 8.81. The molecule has 94 valence electrons. The van der Waals surface area contributed by atoms with Crippen LogP contribution in [0.25, 0.3) is 10.9 Å². The number of carbonyl (C=O) groups excluding carboxylic acids is 1. The van der Waals surface area contributed by atoms with Crippen LogP contribution in [0.4, 0.5) is 10.5 Å². The topological polar surface area (TPSA) is 51.2 Å². The summed E-state index contributed by atoms with van der Waals surface area (Å²) in [5.41, 5.74) is 1.57. The van der Waals surface area contributed by atoms with Gasteiger partial charge in [0, 0.05) is 11.6 Å². The average molecular weight is 244 g/mol. The summed E-state index contributed by atoms with van der Waals surface area (Å²) >= 11 is 0. The zero-order valence-electron chi connectivity index (χ0n) is 10.3. The molecule has 0 saturated carbocycles. The first-order valence-electron chi connectivity index (χ1n) is 6.09. The SMILES string of the molecule is CCCCOC(=O)Nc1cccc2ncccc12. The monoisotopic (exact) mass is 244 g/mol. The second kappa shape index (κ2) is 6.00. The summed E-state index contributed by atoms with van der Waals surface area (Å²) in [5.74, 6) is 0. The van der Waals surface area contributed by atoms with Gasteiger partial charge in [-0.1, -0.05) is 19.4 Å². The van der Waals surface area contributed by atoms with Crippen LogP contribution >= 0.6 is 0 Å². The summed E-state index contributed by atoms with van der Waals surface area (Å²) in [6.45, 7) is 2.50. The second-order valence-electron chi connectivity index (χ2n) is 3.99. The van der Waals surface area contributed by atoms with E-state index in [1.54, 1.807) is 6.20 Å². The number of nitrogens with zero attached hydrogens (tertiary/aromatic N) is 1. The second-order valence-corrected chi connectivity index (χ2v) is 3.99. The Morgan fingerprint density at radius 2 is 2.22 bits per heavy atom. The maximum absolute atomic E-state index is 11.6. The van der Waals surface area contributed by atoms with E-state index in [0.717, 1.165) is 29.4 Å². The fraction of sp³-hybridized carbons (Fsp3) is 0.286. The van der Waals surface area contributed by atoms with Crippen molar-refractivity contribution in [2.45, 2.75) is 19.8 Å². The molecule has 0 atom stereocenters. The van der Waals surface area contributed by atoms with E-state index < -0.39 is 6.09 Å². The van der Waals surface area contributed by atoms with E-state index in [1.165, 1.54) is 0 Å². The number of ether oxygens (including phenoxy) is 1. The van der Waals surface area contributed by atoms with Gasteiger partial charge in [-0.3, -0.25) is 10.3 Å². The number of aromatic nitrogens is 1. The van der Waals surface area contributed by atoms with Crippen LogP contribution in [-0.2, 0) is 4.74 Å². The number of nitrogens with one attached hydrogen (secondary N) is 1. The highest BCUT2D eigenvalue weighted by atomic mass is 16.5. The molecule has 0 spiro atoms. The molecule has 1 aromatic heterocycles. The molecule has 2 aromatic rings. The van der Waals surface area contributed by atoms with E-state index in [0.29, 0.717) is 6.61 Å². The minimum Gasteiger partial charge on any atom is -0.449 e. The van der Waals surface area contributed by atoms with Crippen molar-refractivity contribution in [3.63, 3.8) is 0 Å². The minimum absolute atomic E-state index is 0.417. The largest absolute Gasteiger partial charge is 0.449 e. The molecule has 0 saturated heterocycles. The van der Waals surface area contributed by atoms with Crippen LogP contribution in [0.2, 0.25) is 0 Å². The van der Waals surface area contributed by atoms with E-state index in [-0.39, 0.29) is 0 Å². The van der Waals surface area contributed by atoms with Crippen LogP contribution < -0.4 is 5.32 Å². The zero-order valence-corrected chi connectivity index (χ0v) is 10.3. The first kappa shape index (κ1) is 12.4. The van der Waals surface area contributed by atoms with Gasteiger partial charge in [0.15, 0.2) is 0 Å². The van der Waals surface area contributed by atoms with Crippen molar-refractivity contribution in [3.05, 3.63) is 36.5 Å². The summed E-state index contributed by atoms with van der Waals surface area (Å²) in [6.07, 6.45) is 3.20. The van der Waals surface area contributed by atoms with Gasteiger partial charge in [-0.25, -0.2) is 4.79 Å². The van der Waals surface area contributed by atoms with Gasteiger partial charge < -0.3 is 4.74 Å². The number of anilines is 1. The normalized spacial score (nSPS) is 10.3. The van der Waals surface area contributed by atoms with Crippen molar-refractivity contribution in [2.75, 3.05) is 11.9 Å². The van der Waals surface area contributed by atoms with Gasteiger partial charge in [0.2, 0.25) is 0 Å². The molecule has 18 heavy (non-hydrogen) atoms. The Labute approximate surface area is 106 Å². The van der Waals surface area contributed by atoms with Crippen LogP contribution in [-0.4, -0.2) is 17.7 Å². The lowest BCUT2D eigenvalue weighted by Crippen LogP contribution is -2.14. The molecule has 0 fully saturated rings. The van der Waals surface area contributed by atoms with Gasteiger partial charge in [-0.15, -0.1) is 0 Å². The van der Waals surface area contributed by atoms with Gasteiger partial charge in [-0.05, 0) is 30.7 Å². The maximum atomic E-state index is 11.6. The third kappa shape index (κ3) is 2.97. The predicted octanol–water partition coefficient (Wildman–Crippen LogP) is 3.58. The summed E-state index contributed by atoms with van der Waals surface area (Å²) in [7, 11) is 0. The van der Waals surface area contributed by atoms with Crippen molar-refractivity contribution < 1.29 is 9.53 Å². The standard InChI is InChI=1S/C14H16N2O2/c1-2-3-10-18-14(17)16-13-8-4-7-12-11(13)6-5-9-15-12/h4-9H,2-3,10H2,1H3,(H,16,17). The van der Waals surface area contributed by atoms with E-state index >= 15 is 0 Å². The van der Waals surface area contributed by atoms with Crippen molar-refractivity contribution in [3.8, 4) is 0 Å². The number of unbranched alkanes of at least 4 members (excludes halogenated alkanes) is 1. The van der Waals surface area contributed by atoms with Crippen LogP contribution in [0.1, 0.15) is 19.8 Å². The summed E-state index contributed by atoms with van der Waals surface area (Å²) < 4.78 is 5.06. The first-order valence-corrected chi connectivity index (χ1v) is 6.09. The van der Waals surface area contributed by atoms with Crippen molar-refractivity contribution in [1.29, 1.82) is 0 Å². The molecule has 0 aliphatic rings. The number of amides is 1. The Hall–Kier alpha value is -2.10. The van der Waals surface area contributed by atoms with Gasteiger partial charge in [0.05, 0.1) is 17.8 Å². The molecule has 0 aliphatic heterocycles. The predicted molar refractivity (Wildman–Crippen MR) is 71.6 cm³/mol. The molecule has 0 aliphatic carbocycles. The smallest absolute Gasteiger partial charge is 0.411 e. The van der Waals surface area contributed by atoms with Gasteiger partial charge in [0.1, 0.15) is 0 Å². The summed E-state index contributed by atoms with van der Waals surface area (Å²) in [4.78, 5) is 15.8. The van der Waals surface area contributed by atoms with E-state index in [1.807, 2.05) is 30.3 Å². The highest BCUT2D eigenvalue weighted by Gasteiger charge is 2.06. The quantitative estimate of drug-likeness (QED) is 0.836. The Morgan fingerprint density at radius 1 is 1.33 bits per heavy atom. The number of pyridine rings is 1. The van der Waals surface area contributed by atoms with Gasteiger partial charge in [-0.2, -0.15) is 0 Å². The highest BCUT2D eigenvalue weighted by Crippen LogP contribution is 2.21. The van der Waals surface area contributed by atoms with Gasteiger partial charge >= 0.3 is 6.09 Å². The molecule has 1 heterocycles. The molecule has 1 amide bonds. The third-order valence-electron chi connectivity index (χ3n) is 2.61. The van der Waals surface area contributed by atoms with Gasteiger partial charge in [0.25, 0.3) is 0 Å². The number of fused-ring (bicyclic) bond motifs is 1. The van der Waals surface area contributed by atoms with Crippen molar-refractivity contribution >= 4 is 22.7 Å². The lowest BCUT2D eigenvalue weighted by Gasteiger charge is -2.08. The maximum Gasteiger partial charge on any atom is 0.411 e. The Balaban J connectivity index is 2.09. The van der Waals surface area contributed by atoms with E-state index in [9.17, 15) is 4.79 Å². The molecule has 1 N–H and O–H groups in total. The van der Waals surface area contributed by atoms with Crippen LogP contribution in [0, 0.1) is 0 Å². The number of hydrogen-bond donors (Lipinski definition) is 1. The zero-order chi connectivity index (χ0) is 12.8. The molecule has 4 heteroatoms. The van der Waals surface area contributed by atoms with E-state index in [2.05, 4.69) is 17.2 Å². The number of carbonyl (C=O) groups is 1. The highest BCUT2D eigenvalue weighted by molar-refractivity contribution is 5.98. The lowest BCUT2D eigenvalue weighted by molar-refractivity contribution is 0.160. The molecule has 4 nitrogen and oxygen atoms in total. The third-order valence-corrected chi connectivity index (χ3v) is 2.61. The molecule has 2 rings (SSSR count). The van der Waals surface area contributed by atoms with E-state index in [4.69, 9.17) is 4.74 Å². The Bertz CT molecular complexity index is 535. The summed E-state index contributed by atoms with van der Waals surface area (Å²) in [6, 6.07) is 9.37. The number of rotatable bonds is 4. The fourth-order valence-corrected chi connectivity index (χ4v) is 1.67. The van der Waals surface area contributed by atoms with Crippen molar-refractivity contribution in [2.24, 2.45) is 0 Å². The number of benzene rings is 1. The molecule has 0 unspecified atom stereocenters. The average Bonchev–Trinajstić information content (AvgIpc) is 2.39. The van der Waals surface area contributed by atoms with Crippen molar-refractivity contribution in [1.82, 2.24) is 4.98 Å². The van der Waals surface area contributed by atoms with Crippen LogP contribution in [0.3, 0.4) is 0 Å². The minimum atomic E-state index is -0.417. The molecule has 0 bridgehead atoms. The lowest BCUT2D eigenvalue weighted by atomic mass is 10.2. The Morgan fingerprint density at radius 3 is 3.06 bits per heavy atom. The van der Waals surface area contributed by atoms with Crippen LogP contribution in [0.15, 0.2) is 36.5 Å².